The Morgan fingerprint density at radius 1 is 1.37 bits per heavy atom. The first kappa shape index (κ1) is 14.3. The van der Waals surface area contributed by atoms with Crippen LogP contribution >= 0.6 is 0 Å². The largest absolute Gasteiger partial charge is 0.508 e. The molecule has 1 aromatic rings. The van der Waals surface area contributed by atoms with E-state index in [0.29, 0.717) is 32.5 Å². The van der Waals surface area contributed by atoms with Crippen LogP contribution in [0.25, 0.3) is 0 Å². The van der Waals surface area contributed by atoms with Crippen molar-refractivity contribution in [2.75, 3.05) is 26.0 Å². The van der Waals surface area contributed by atoms with E-state index in [0.717, 1.165) is 11.1 Å². The Kier molecular flexibility index (Phi) is 4.44. The third kappa shape index (κ3) is 3.46. The third-order valence-corrected chi connectivity index (χ3v) is 5.21. The first-order valence-electron chi connectivity index (χ1n) is 6.30. The van der Waals surface area contributed by atoms with E-state index in [1.165, 1.54) is 4.31 Å². The number of sulfonamides is 1. The molecule has 0 bridgehead atoms. The van der Waals surface area contributed by atoms with Gasteiger partial charge in [-0.15, -0.1) is 0 Å². The highest BCUT2D eigenvalue weighted by molar-refractivity contribution is 7.89. The van der Waals surface area contributed by atoms with Gasteiger partial charge in [0.05, 0.1) is 5.75 Å². The van der Waals surface area contributed by atoms with Crippen LogP contribution in [0.3, 0.4) is 0 Å². The number of aromatic hydroxyl groups is 1. The topological polar surface area (TPSA) is 66.8 Å². The number of ether oxygens (including phenoxy) is 1. The molecule has 0 unspecified atom stereocenters. The van der Waals surface area contributed by atoms with Gasteiger partial charge in [-0.1, -0.05) is 6.07 Å². The lowest BCUT2D eigenvalue weighted by Gasteiger charge is -2.28. The molecule has 0 radical (unpaired) electrons. The highest BCUT2D eigenvalue weighted by Gasteiger charge is 2.26. The molecule has 0 atom stereocenters. The van der Waals surface area contributed by atoms with Gasteiger partial charge in [-0.2, -0.15) is 4.31 Å². The van der Waals surface area contributed by atoms with Crippen LogP contribution in [0, 0.1) is 0 Å². The van der Waals surface area contributed by atoms with Crippen LogP contribution in [0.1, 0.15) is 17.5 Å². The molecule has 0 fully saturated rings. The summed E-state index contributed by atoms with van der Waals surface area (Å²) < 4.78 is 30.7. The van der Waals surface area contributed by atoms with E-state index in [2.05, 4.69) is 0 Å². The zero-order chi connectivity index (χ0) is 13.9. The number of nitrogens with zero attached hydrogens (tertiary/aromatic N) is 1. The second-order valence-electron chi connectivity index (χ2n) is 4.70. The summed E-state index contributed by atoms with van der Waals surface area (Å²) in [6.07, 6.45) is 1.20. The maximum Gasteiger partial charge on any atom is 0.214 e. The van der Waals surface area contributed by atoms with Gasteiger partial charge in [-0.25, -0.2) is 8.42 Å². The standard InChI is InChI=1S/C13H19NO4S/c1-18-7-2-8-19(16,17)14-6-5-11-3-4-13(15)9-12(11)10-14/h3-4,9,15H,2,5-8,10H2,1H3. The smallest absolute Gasteiger partial charge is 0.214 e. The van der Waals surface area contributed by atoms with Crippen molar-refractivity contribution in [3.63, 3.8) is 0 Å². The molecule has 6 heteroatoms. The van der Waals surface area contributed by atoms with E-state index < -0.39 is 10.0 Å². The predicted molar refractivity (Wildman–Crippen MR) is 72.5 cm³/mol. The second-order valence-corrected chi connectivity index (χ2v) is 6.79. The maximum absolute atomic E-state index is 12.2. The van der Waals surface area contributed by atoms with Crippen LogP contribution < -0.4 is 0 Å². The summed E-state index contributed by atoms with van der Waals surface area (Å²) in [5, 5.41) is 9.47. The molecule has 1 aromatic carbocycles. The second kappa shape index (κ2) is 5.90. The van der Waals surface area contributed by atoms with Gasteiger partial charge < -0.3 is 9.84 Å². The van der Waals surface area contributed by atoms with Crippen LogP contribution in [0.15, 0.2) is 18.2 Å². The lowest BCUT2D eigenvalue weighted by Crippen LogP contribution is -2.37. The third-order valence-electron chi connectivity index (χ3n) is 3.31. The maximum atomic E-state index is 12.2. The number of hydrogen-bond acceptors (Lipinski definition) is 4. The number of phenols is 1. The number of rotatable bonds is 5. The molecule has 1 aliphatic rings. The molecule has 5 nitrogen and oxygen atoms in total. The van der Waals surface area contributed by atoms with Crippen molar-refractivity contribution < 1.29 is 18.3 Å². The molecule has 0 aliphatic carbocycles. The SMILES string of the molecule is COCCCS(=O)(=O)N1CCc2ccc(O)cc2C1. The van der Waals surface area contributed by atoms with E-state index in [1.54, 1.807) is 19.2 Å². The molecule has 0 amide bonds. The van der Waals surface area contributed by atoms with E-state index in [-0.39, 0.29) is 11.5 Å². The summed E-state index contributed by atoms with van der Waals surface area (Å²) in [5.41, 5.74) is 2.00. The van der Waals surface area contributed by atoms with Crippen molar-refractivity contribution in [3.05, 3.63) is 29.3 Å². The van der Waals surface area contributed by atoms with Crippen molar-refractivity contribution in [2.24, 2.45) is 0 Å². The molecular weight excluding hydrogens is 266 g/mol. The molecule has 1 aliphatic heterocycles. The Bertz CT molecular complexity index is 542. The summed E-state index contributed by atoms with van der Waals surface area (Å²) in [5.74, 6) is 0.284. The summed E-state index contributed by atoms with van der Waals surface area (Å²) in [4.78, 5) is 0. The summed E-state index contributed by atoms with van der Waals surface area (Å²) in [6, 6.07) is 5.15. The number of fused-ring (bicyclic) bond motifs is 1. The molecule has 0 spiro atoms. The van der Waals surface area contributed by atoms with Crippen molar-refractivity contribution in [1.29, 1.82) is 0 Å². The van der Waals surface area contributed by atoms with Gasteiger partial charge in [0.15, 0.2) is 0 Å². The summed E-state index contributed by atoms with van der Waals surface area (Å²) in [7, 11) is -1.68. The fourth-order valence-electron chi connectivity index (χ4n) is 2.27. The Morgan fingerprint density at radius 2 is 2.16 bits per heavy atom. The van der Waals surface area contributed by atoms with Crippen LogP contribution in [-0.2, 0) is 27.7 Å². The van der Waals surface area contributed by atoms with Crippen LogP contribution in [0.5, 0.6) is 5.75 Å². The Labute approximate surface area is 113 Å². The zero-order valence-electron chi connectivity index (χ0n) is 11.0. The molecule has 2 rings (SSSR count). The fraction of sp³-hybridized carbons (Fsp3) is 0.538. The van der Waals surface area contributed by atoms with E-state index >= 15 is 0 Å². The average Bonchev–Trinajstić information content (AvgIpc) is 2.38. The van der Waals surface area contributed by atoms with Crippen LogP contribution in [0.4, 0.5) is 0 Å². The minimum atomic E-state index is -3.24. The molecule has 0 aromatic heterocycles. The lowest BCUT2D eigenvalue weighted by molar-refractivity contribution is 0.199. The van der Waals surface area contributed by atoms with Gasteiger partial charge in [0.25, 0.3) is 0 Å². The molecule has 19 heavy (non-hydrogen) atoms. The minimum Gasteiger partial charge on any atom is -0.508 e. The predicted octanol–water partition coefficient (Wildman–Crippen LogP) is 1.12. The zero-order valence-corrected chi connectivity index (χ0v) is 11.8. The van der Waals surface area contributed by atoms with Gasteiger partial charge in [0.1, 0.15) is 5.75 Å². The number of benzene rings is 1. The average molecular weight is 285 g/mol. The Hall–Kier alpha value is -1.11. The van der Waals surface area contributed by atoms with Crippen molar-refractivity contribution in [2.45, 2.75) is 19.4 Å². The van der Waals surface area contributed by atoms with Crippen molar-refractivity contribution >= 4 is 10.0 Å². The lowest BCUT2D eigenvalue weighted by atomic mass is 10.0. The van der Waals surface area contributed by atoms with Gasteiger partial charge in [0, 0.05) is 26.8 Å². The van der Waals surface area contributed by atoms with Crippen LogP contribution in [-0.4, -0.2) is 43.8 Å². The van der Waals surface area contributed by atoms with E-state index in [9.17, 15) is 13.5 Å². The fourth-order valence-corrected chi connectivity index (χ4v) is 3.72. The summed E-state index contributed by atoms with van der Waals surface area (Å²) >= 11 is 0. The number of phenolic OH excluding ortho intramolecular Hbond substituents is 1. The monoisotopic (exact) mass is 285 g/mol. The van der Waals surface area contributed by atoms with Gasteiger partial charge in [-0.3, -0.25) is 0 Å². The van der Waals surface area contributed by atoms with Gasteiger partial charge >= 0.3 is 0 Å². The molecule has 0 saturated heterocycles. The quantitative estimate of drug-likeness (QED) is 0.823. The van der Waals surface area contributed by atoms with Crippen molar-refractivity contribution in [3.8, 4) is 5.75 Å². The van der Waals surface area contributed by atoms with E-state index in [1.807, 2.05) is 6.07 Å². The number of hydrogen-bond donors (Lipinski definition) is 1. The first-order valence-corrected chi connectivity index (χ1v) is 7.91. The molecular formula is C13H19NO4S. The molecule has 106 valence electrons. The molecule has 1 heterocycles. The Morgan fingerprint density at radius 3 is 2.89 bits per heavy atom. The number of methoxy groups -OCH3 is 1. The highest BCUT2D eigenvalue weighted by Crippen LogP contribution is 2.24. The molecule has 1 N–H and O–H groups in total. The van der Waals surface area contributed by atoms with Crippen molar-refractivity contribution in [1.82, 2.24) is 4.31 Å². The minimum absolute atomic E-state index is 0.106. The Balaban J connectivity index is 2.08. The highest BCUT2D eigenvalue weighted by atomic mass is 32.2. The van der Waals surface area contributed by atoms with Crippen LogP contribution in [0.2, 0.25) is 0 Å². The van der Waals surface area contributed by atoms with E-state index in [4.69, 9.17) is 4.74 Å². The van der Waals surface area contributed by atoms with Gasteiger partial charge in [-0.05, 0) is 36.1 Å². The van der Waals surface area contributed by atoms with Gasteiger partial charge in [0.2, 0.25) is 10.0 Å². The first-order chi connectivity index (χ1) is 9.03. The normalized spacial score (nSPS) is 16.3. The molecule has 0 saturated carbocycles. The summed E-state index contributed by atoms with van der Waals surface area (Å²) in [6.45, 7) is 1.30.